The zero-order valence-corrected chi connectivity index (χ0v) is 11.9. The normalized spacial score (nSPS) is 10.7. The smallest absolute Gasteiger partial charge is 0.130 e. The Morgan fingerprint density at radius 1 is 1.05 bits per heavy atom. The van der Waals surface area contributed by atoms with Gasteiger partial charge in [0.25, 0.3) is 0 Å². The van der Waals surface area contributed by atoms with Crippen LogP contribution < -0.4 is 4.74 Å². The van der Waals surface area contributed by atoms with Crippen LogP contribution in [0.5, 0.6) is 5.75 Å². The molecule has 3 rings (SSSR count). The molecule has 2 aromatic carbocycles. The fourth-order valence-electron chi connectivity index (χ4n) is 2.19. The summed E-state index contributed by atoms with van der Waals surface area (Å²) in [5.74, 6) is 0.759. The van der Waals surface area contributed by atoms with Gasteiger partial charge in [0.15, 0.2) is 0 Å². The first-order chi connectivity index (χ1) is 10.8. The molecule has 3 nitrogen and oxygen atoms in total. The van der Waals surface area contributed by atoms with Crippen LogP contribution in [0.25, 0.3) is 17.0 Å². The molecule has 0 saturated heterocycles. The van der Waals surface area contributed by atoms with Crippen LogP contribution in [-0.2, 0) is 6.61 Å². The van der Waals surface area contributed by atoms with Gasteiger partial charge in [-0.25, -0.2) is 4.98 Å². The minimum absolute atomic E-state index is 0.413. The lowest BCUT2D eigenvalue weighted by molar-refractivity contribution is 0.302. The van der Waals surface area contributed by atoms with E-state index in [2.05, 4.69) is 4.98 Å². The number of benzene rings is 2. The lowest BCUT2D eigenvalue weighted by Crippen LogP contribution is -1.98. The molecule has 3 heteroatoms. The molecule has 0 aliphatic rings. The summed E-state index contributed by atoms with van der Waals surface area (Å²) < 4.78 is 5.78. The molecule has 0 saturated carbocycles. The van der Waals surface area contributed by atoms with Crippen molar-refractivity contribution in [1.82, 2.24) is 4.98 Å². The molecule has 0 aliphatic carbocycles. The maximum atomic E-state index is 8.56. The number of allylic oxidation sites excluding steroid dienone is 1. The number of aromatic nitrogens is 1. The Morgan fingerprint density at radius 3 is 2.86 bits per heavy atom. The lowest BCUT2D eigenvalue weighted by atomic mass is 10.2. The van der Waals surface area contributed by atoms with E-state index >= 15 is 0 Å². The molecule has 22 heavy (non-hydrogen) atoms. The molecule has 0 aliphatic heterocycles. The summed E-state index contributed by atoms with van der Waals surface area (Å²) in [6.07, 6.45) is 3.20. The number of pyridine rings is 1. The largest absolute Gasteiger partial charge is 0.487 e. The highest BCUT2D eigenvalue weighted by molar-refractivity contribution is 5.78. The van der Waals surface area contributed by atoms with E-state index in [1.54, 1.807) is 6.08 Å². The van der Waals surface area contributed by atoms with Gasteiger partial charge in [-0.2, -0.15) is 5.26 Å². The lowest BCUT2D eigenvalue weighted by Gasteiger charge is -2.07. The number of nitriles is 1. The highest BCUT2D eigenvalue weighted by atomic mass is 16.5. The molecular formula is C19H14N2O. The van der Waals surface area contributed by atoms with Gasteiger partial charge in [-0.15, -0.1) is 0 Å². The number of ether oxygens (including phenoxy) is 1. The van der Waals surface area contributed by atoms with E-state index in [1.165, 1.54) is 6.08 Å². The van der Waals surface area contributed by atoms with Gasteiger partial charge >= 0.3 is 0 Å². The van der Waals surface area contributed by atoms with Crippen LogP contribution in [0.1, 0.15) is 11.3 Å². The van der Waals surface area contributed by atoms with Crippen LogP contribution in [0, 0.1) is 11.3 Å². The third kappa shape index (κ3) is 3.31. The molecule has 0 radical (unpaired) electrons. The van der Waals surface area contributed by atoms with E-state index in [1.807, 2.05) is 66.7 Å². The van der Waals surface area contributed by atoms with Gasteiger partial charge in [0, 0.05) is 11.5 Å². The van der Waals surface area contributed by atoms with Crippen molar-refractivity contribution < 1.29 is 4.74 Å². The molecule has 1 heterocycles. The predicted octanol–water partition coefficient (Wildman–Crippen LogP) is 4.35. The van der Waals surface area contributed by atoms with Gasteiger partial charge in [-0.05, 0) is 35.9 Å². The molecule has 3 aromatic rings. The van der Waals surface area contributed by atoms with Crippen molar-refractivity contribution in [2.24, 2.45) is 0 Å². The van der Waals surface area contributed by atoms with E-state index < -0.39 is 0 Å². The molecule has 0 fully saturated rings. The van der Waals surface area contributed by atoms with Gasteiger partial charge in [0.1, 0.15) is 12.4 Å². The van der Waals surface area contributed by atoms with Crippen molar-refractivity contribution in [2.75, 3.05) is 0 Å². The van der Waals surface area contributed by atoms with Crippen molar-refractivity contribution in [1.29, 1.82) is 5.26 Å². The van der Waals surface area contributed by atoms with Crippen molar-refractivity contribution in [3.05, 3.63) is 78.0 Å². The Labute approximate surface area is 129 Å². The van der Waals surface area contributed by atoms with Crippen LogP contribution in [0.2, 0.25) is 0 Å². The molecule has 0 N–H and O–H groups in total. The first-order valence-corrected chi connectivity index (χ1v) is 6.99. The Hall–Kier alpha value is -3.12. The highest BCUT2D eigenvalue weighted by Gasteiger charge is 2.00. The molecular weight excluding hydrogens is 272 g/mol. The Bertz CT molecular complexity index is 862. The number of fused-ring (bicyclic) bond motifs is 1. The van der Waals surface area contributed by atoms with E-state index in [9.17, 15) is 0 Å². The summed E-state index contributed by atoms with van der Waals surface area (Å²) >= 11 is 0. The molecule has 0 unspecified atom stereocenters. The molecule has 0 amide bonds. The van der Waals surface area contributed by atoms with Crippen molar-refractivity contribution in [2.45, 2.75) is 6.61 Å². The molecule has 106 valence electrons. The summed E-state index contributed by atoms with van der Waals surface area (Å²) in [5.41, 5.74) is 2.79. The monoisotopic (exact) mass is 286 g/mol. The Balaban J connectivity index is 1.73. The molecule has 0 atom stereocenters. The number of hydrogen-bond acceptors (Lipinski definition) is 3. The summed E-state index contributed by atoms with van der Waals surface area (Å²) in [6, 6.07) is 21.6. The minimum atomic E-state index is 0.413. The number of rotatable bonds is 4. The van der Waals surface area contributed by atoms with Crippen LogP contribution in [-0.4, -0.2) is 4.98 Å². The van der Waals surface area contributed by atoms with Crippen LogP contribution in [0.15, 0.2) is 66.7 Å². The van der Waals surface area contributed by atoms with Crippen LogP contribution in [0.4, 0.5) is 0 Å². The number of nitrogens with zero attached hydrogens (tertiary/aromatic N) is 2. The van der Waals surface area contributed by atoms with E-state index in [0.717, 1.165) is 27.9 Å². The maximum Gasteiger partial charge on any atom is 0.130 e. The molecule has 0 bridgehead atoms. The summed E-state index contributed by atoms with van der Waals surface area (Å²) in [6.45, 7) is 0.413. The fourth-order valence-corrected chi connectivity index (χ4v) is 2.19. The van der Waals surface area contributed by atoms with Crippen molar-refractivity contribution in [3.8, 4) is 11.8 Å². The third-order valence-corrected chi connectivity index (χ3v) is 3.25. The zero-order valence-electron chi connectivity index (χ0n) is 11.9. The maximum absolute atomic E-state index is 8.56. The second-order valence-electron chi connectivity index (χ2n) is 4.82. The van der Waals surface area contributed by atoms with Gasteiger partial charge in [-0.1, -0.05) is 36.4 Å². The van der Waals surface area contributed by atoms with Gasteiger partial charge in [-0.3, -0.25) is 0 Å². The quantitative estimate of drug-likeness (QED) is 0.670. The summed E-state index contributed by atoms with van der Waals surface area (Å²) in [7, 11) is 0. The topological polar surface area (TPSA) is 45.9 Å². The Morgan fingerprint density at radius 2 is 1.95 bits per heavy atom. The van der Waals surface area contributed by atoms with Crippen molar-refractivity contribution in [3.63, 3.8) is 0 Å². The van der Waals surface area contributed by atoms with Gasteiger partial charge < -0.3 is 4.74 Å². The first-order valence-electron chi connectivity index (χ1n) is 6.99. The van der Waals surface area contributed by atoms with Gasteiger partial charge in [0.05, 0.1) is 17.3 Å². The van der Waals surface area contributed by atoms with Crippen molar-refractivity contribution >= 4 is 17.0 Å². The standard InChI is InChI=1S/C19H14N2O/c20-12-4-6-15-5-3-8-18(13-15)22-14-17-11-10-16-7-1-2-9-19(16)21-17/h1-11,13H,14H2. The minimum Gasteiger partial charge on any atom is -0.487 e. The molecule has 1 aromatic heterocycles. The van der Waals surface area contributed by atoms with E-state index in [0.29, 0.717) is 6.61 Å². The number of para-hydroxylation sites is 1. The average molecular weight is 286 g/mol. The molecule has 0 spiro atoms. The third-order valence-electron chi connectivity index (χ3n) is 3.25. The summed E-state index contributed by atoms with van der Waals surface area (Å²) in [4.78, 5) is 4.58. The van der Waals surface area contributed by atoms with Crippen LogP contribution >= 0.6 is 0 Å². The number of hydrogen-bond donors (Lipinski definition) is 0. The summed E-state index contributed by atoms with van der Waals surface area (Å²) in [5, 5.41) is 9.68. The van der Waals surface area contributed by atoms with Gasteiger partial charge in [0.2, 0.25) is 0 Å². The Kier molecular flexibility index (Phi) is 4.12. The SMILES string of the molecule is N#CC=Cc1cccc(OCc2ccc3ccccc3n2)c1. The predicted molar refractivity (Wildman–Crippen MR) is 87.2 cm³/mol. The second kappa shape index (κ2) is 6.55. The second-order valence-corrected chi connectivity index (χ2v) is 4.82. The first kappa shape index (κ1) is 13.8. The van der Waals surface area contributed by atoms with E-state index in [4.69, 9.17) is 10.00 Å². The highest BCUT2D eigenvalue weighted by Crippen LogP contribution is 2.17. The average Bonchev–Trinajstić information content (AvgIpc) is 2.58. The fraction of sp³-hybridized carbons (Fsp3) is 0.0526. The zero-order chi connectivity index (χ0) is 15.2. The van der Waals surface area contributed by atoms with E-state index in [-0.39, 0.29) is 0 Å². The van der Waals surface area contributed by atoms with Crippen LogP contribution in [0.3, 0.4) is 0 Å².